The molecule has 1 aliphatic carbocycles. The molecule has 0 bridgehead atoms. The van der Waals surface area contributed by atoms with Crippen LogP contribution in [-0.4, -0.2) is 36.3 Å². The van der Waals surface area contributed by atoms with Gasteiger partial charge in [-0.1, -0.05) is 6.07 Å². The van der Waals surface area contributed by atoms with Crippen molar-refractivity contribution in [3.63, 3.8) is 0 Å². The van der Waals surface area contributed by atoms with Crippen molar-refractivity contribution in [2.24, 2.45) is 5.41 Å². The summed E-state index contributed by atoms with van der Waals surface area (Å²) in [4.78, 5) is 12.6. The molecule has 0 atom stereocenters. The maximum Gasteiger partial charge on any atom is 0.407 e. The molecule has 0 aromatic heterocycles. The van der Waals surface area contributed by atoms with Crippen LogP contribution in [0.15, 0.2) is 18.2 Å². The monoisotopic (exact) mass is 318 g/mol. The summed E-state index contributed by atoms with van der Waals surface area (Å²) in [7, 11) is 1.65. The Morgan fingerprint density at radius 2 is 1.91 bits per heavy atom. The Balaban J connectivity index is 1.62. The molecule has 1 aromatic rings. The van der Waals surface area contributed by atoms with Crippen molar-refractivity contribution >= 4 is 11.8 Å². The van der Waals surface area contributed by atoms with E-state index in [1.54, 1.807) is 12.0 Å². The van der Waals surface area contributed by atoms with E-state index in [1.807, 2.05) is 6.07 Å². The van der Waals surface area contributed by atoms with Crippen molar-refractivity contribution in [1.82, 2.24) is 4.90 Å². The molecule has 2 aliphatic rings. The van der Waals surface area contributed by atoms with Gasteiger partial charge in [0.1, 0.15) is 5.75 Å². The van der Waals surface area contributed by atoms with Crippen LogP contribution >= 0.6 is 0 Å². The molecular weight excluding hydrogens is 292 g/mol. The normalized spacial score (nSPS) is 21.3. The lowest BCUT2D eigenvalue weighted by molar-refractivity contribution is 0.0600. The molecule has 1 heterocycles. The van der Waals surface area contributed by atoms with Gasteiger partial charge in [-0.25, -0.2) is 4.79 Å². The summed E-state index contributed by atoms with van der Waals surface area (Å²) < 4.78 is 5.33. The number of carboxylic acid groups (broad SMARTS) is 1. The van der Waals surface area contributed by atoms with Gasteiger partial charge in [0.25, 0.3) is 0 Å². The zero-order chi connectivity index (χ0) is 16.4. The van der Waals surface area contributed by atoms with E-state index >= 15 is 0 Å². The fourth-order valence-corrected chi connectivity index (χ4v) is 4.22. The molecule has 5 nitrogen and oxygen atoms in total. The number of nitrogen functional groups attached to an aromatic ring is 1. The van der Waals surface area contributed by atoms with Gasteiger partial charge >= 0.3 is 6.09 Å². The minimum absolute atomic E-state index is 0.361. The van der Waals surface area contributed by atoms with Crippen LogP contribution in [0.25, 0.3) is 0 Å². The Morgan fingerprint density at radius 1 is 1.26 bits per heavy atom. The van der Waals surface area contributed by atoms with Crippen molar-refractivity contribution in [3.8, 4) is 5.75 Å². The molecule has 0 radical (unpaired) electrons. The predicted molar refractivity (Wildman–Crippen MR) is 89.9 cm³/mol. The standard InChI is InChI=1S/C18H26N2O3/c1-23-16-12-14(2-3-15(16)19)13-4-6-18(7-5-13)8-10-20(11-9-18)17(21)22/h2-3,12-13H,4-11,19H2,1H3,(H,21,22). The highest BCUT2D eigenvalue weighted by Gasteiger charge is 2.39. The maximum atomic E-state index is 11.1. The van der Waals surface area contributed by atoms with Crippen molar-refractivity contribution < 1.29 is 14.6 Å². The molecule has 1 amide bonds. The number of benzene rings is 1. The lowest BCUT2D eigenvalue weighted by atomic mass is 9.64. The highest BCUT2D eigenvalue weighted by Crippen LogP contribution is 2.49. The van der Waals surface area contributed by atoms with Crippen molar-refractivity contribution in [2.75, 3.05) is 25.9 Å². The number of rotatable bonds is 2. The highest BCUT2D eigenvalue weighted by atomic mass is 16.5. The molecule has 2 fully saturated rings. The Bertz CT molecular complexity index is 570. The summed E-state index contributed by atoms with van der Waals surface area (Å²) in [6.07, 6.45) is 5.96. The summed E-state index contributed by atoms with van der Waals surface area (Å²) in [6, 6.07) is 6.13. The summed E-state index contributed by atoms with van der Waals surface area (Å²) in [5.74, 6) is 1.32. The minimum Gasteiger partial charge on any atom is -0.495 e. The number of nitrogens with two attached hydrogens (primary N) is 1. The molecule has 5 heteroatoms. The van der Waals surface area contributed by atoms with Gasteiger partial charge in [-0.3, -0.25) is 0 Å². The summed E-state index contributed by atoms with van der Waals surface area (Å²) in [5, 5.41) is 9.09. The lowest BCUT2D eigenvalue weighted by Gasteiger charge is -2.45. The highest BCUT2D eigenvalue weighted by molar-refractivity contribution is 5.65. The number of ether oxygens (including phenoxy) is 1. The quantitative estimate of drug-likeness (QED) is 0.815. The largest absolute Gasteiger partial charge is 0.495 e. The number of anilines is 1. The number of piperidine rings is 1. The molecule has 1 aromatic carbocycles. The first-order chi connectivity index (χ1) is 11.0. The fourth-order valence-electron chi connectivity index (χ4n) is 4.22. The van der Waals surface area contributed by atoms with E-state index in [0.717, 1.165) is 18.6 Å². The van der Waals surface area contributed by atoms with Crippen LogP contribution < -0.4 is 10.5 Å². The van der Waals surface area contributed by atoms with Gasteiger partial charge in [0.15, 0.2) is 0 Å². The fraction of sp³-hybridized carbons (Fsp3) is 0.611. The van der Waals surface area contributed by atoms with Crippen molar-refractivity contribution in [2.45, 2.75) is 44.4 Å². The first-order valence-electron chi connectivity index (χ1n) is 8.44. The Labute approximate surface area is 137 Å². The number of carbonyl (C=O) groups is 1. The van der Waals surface area contributed by atoms with Gasteiger partial charge in [0.2, 0.25) is 0 Å². The molecule has 1 saturated carbocycles. The second-order valence-electron chi connectivity index (χ2n) is 7.05. The Morgan fingerprint density at radius 3 is 2.48 bits per heavy atom. The van der Waals surface area contributed by atoms with Crippen molar-refractivity contribution in [1.29, 1.82) is 0 Å². The van der Waals surface area contributed by atoms with E-state index in [2.05, 4.69) is 12.1 Å². The molecule has 1 aliphatic heterocycles. The van der Waals surface area contributed by atoms with Crippen LogP contribution in [0.1, 0.15) is 50.0 Å². The molecule has 3 rings (SSSR count). The smallest absolute Gasteiger partial charge is 0.407 e. The van der Waals surface area contributed by atoms with Gasteiger partial charge in [0, 0.05) is 13.1 Å². The maximum absolute atomic E-state index is 11.1. The first kappa shape index (κ1) is 16.0. The summed E-state index contributed by atoms with van der Waals surface area (Å²) in [6.45, 7) is 1.38. The number of nitrogens with zero attached hydrogens (tertiary/aromatic N) is 1. The molecule has 1 spiro atoms. The topological polar surface area (TPSA) is 75.8 Å². The van der Waals surface area contributed by atoms with Crippen LogP contribution in [0.4, 0.5) is 10.5 Å². The number of methoxy groups -OCH3 is 1. The van der Waals surface area contributed by atoms with Gasteiger partial charge in [0.05, 0.1) is 12.8 Å². The summed E-state index contributed by atoms with van der Waals surface area (Å²) in [5.41, 5.74) is 8.26. The van der Waals surface area contributed by atoms with Gasteiger partial charge in [-0.15, -0.1) is 0 Å². The molecule has 1 saturated heterocycles. The third-order valence-electron chi connectivity index (χ3n) is 5.87. The molecular formula is C18H26N2O3. The summed E-state index contributed by atoms with van der Waals surface area (Å²) >= 11 is 0. The molecule has 0 unspecified atom stereocenters. The van der Waals surface area contributed by atoms with E-state index in [0.29, 0.717) is 30.1 Å². The third kappa shape index (κ3) is 3.23. The van der Waals surface area contributed by atoms with Crippen LogP contribution in [0.5, 0.6) is 5.75 Å². The average Bonchev–Trinajstić information content (AvgIpc) is 2.57. The average molecular weight is 318 g/mol. The second-order valence-corrected chi connectivity index (χ2v) is 7.05. The third-order valence-corrected chi connectivity index (χ3v) is 5.87. The number of amides is 1. The Hall–Kier alpha value is -1.91. The predicted octanol–water partition coefficient (Wildman–Crippen LogP) is 3.70. The van der Waals surface area contributed by atoms with E-state index < -0.39 is 6.09 Å². The molecule has 126 valence electrons. The number of hydrogen-bond acceptors (Lipinski definition) is 3. The van der Waals surface area contributed by atoms with Gasteiger partial charge in [-0.2, -0.15) is 0 Å². The number of hydrogen-bond donors (Lipinski definition) is 2. The molecule has 3 N–H and O–H groups in total. The van der Waals surface area contributed by atoms with Crippen LogP contribution in [-0.2, 0) is 0 Å². The minimum atomic E-state index is -0.775. The number of likely N-dealkylation sites (tertiary alicyclic amines) is 1. The first-order valence-corrected chi connectivity index (χ1v) is 8.44. The lowest BCUT2D eigenvalue weighted by Crippen LogP contribution is -2.43. The van der Waals surface area contributed by atoms with E-state index in [9.17, 15) is 4.79 Å². The van der Waals surface area contributed by atoms with Crippen LogP contribution in [0, 0.1) is 5.41 Å². The Kier molecular flexibility index (Phi) is 4.37. The SMILES string of the molecule is COc1cc(C2CCC3(CC2)CCN(C(=O)O)CC3)ccc1N. The van der Waals surface area contributed by atoms with E-state index in [1.165, 1.54) is 31.2 Å². The second kappa shape index (κ2) is 6.30. The van der Waals surface area contributed by atoms with Gasteiger partial charge in [-0.05, 0) is 67.6 Å². The van der Waals surface area contributed by atoms with Gasteiger partial charge < -0.3 is 20.5 Å². The van der Waals surface area contributed by atoms with E-state index in [4.69, 9.17) is 15.6 Å². The van der Waals surface area contributed by atoms with Crippen molar-refractivity contribution in [3.05, 3.63) is 23.8 Å². The van der Waals surface area contributed by atoms with Crippen LogP contribution in [0.3, 0.4) is 0 Å². The van der Waals surface area contributed by atoms with E-state index in [-0.39, 0.29) is 0 Å². The van der Waals surface area contributed by atoms with Crippen LogP contribution in [0.2, 0.25) is 0 Å². The zero-order valence-corrected chi connectivity index (χ0v) is 13.8. The molecule has 23 heavy (non-hydrogen) atoms. The zero-order valence-electron chi connectivity index (χ0n) is 13.8.